The van der Waals surface area contributed by atoms with E-state index in [1.54, 1.807) is 6.20 Å². The normalized spacial score (nSPS) is 14.3. The fraction of sp³-hybridized carbons (Fsp3) is 0.286. The second-order valence-electron chi connectivity index (χ2n) is 6.68. The van der Waals surface area contributed by atoms with Crippen molar-refractivity contribution in [2.45, 2.75) is 13.5 Å². The van der Waals surface area contributed by atoms with Crippen LogP contribution in [0.25, 0.3) is 0 Å². The van der Waals surface area contributed by atoms with Crippen LogP contribution in [0.1, 0.15) is 11.4 Å². The van der Waals surface area contributed by atoms with Crippen molar-refractivity contribution in [2.75, 3.05) is 41.3 Å². The van der Waals surface area contributed by atoms with Crippen LogP contribution in [0.2, 0.25) is 0 Å². The molecular weight excluding hydrogens is 336 g/mol. The van der Waals surface area contributed by atoms with Gasteiger partial charge in [-0.2, -0.15) is 0 Å². The van der Waals surface area contributed by atoms with Gasteiger partial charge >= 0.3 is 0 Å². The number of hydrogen-bond acceptors (Lipinski definition) is 6. The van der Waals surface area contributed by atoms with Crippen molar-refractivity contribution >= 4 is 17.3 Å². The Morgan fingerprint density at radius 3 is 2.44 bits per heavy atom. The number of anilines is 3. The number of para-hydroxylation sites is 1. The molecule has 0 radical (unpaired) electrons. The average molecular weight is 360 g/mol. The zero-order chi connectivity index (χ0) is 18.5. The summed E-state index contributed by atoms with van der Waals surface area (Å²) in [5.74, 6) is 2.63. The first-order valence-electron chi connectivity index (χ1n) is 9.31. The second-order valence-corrected chi connectivity index (χ2v) is 6.68. The summed E-state index contributed by atoms with van der Waals surface area (Å²) in [5, 5.41) is 3.39. The van der Waals surface area contributed by atoms with Crippen molar-refractivity contribution in [3.8, 4) is 0 Å². The van der Waals surface area contributed by atoms with Crippen LogP contribution in [-0.4, -0.2) is 41.1 Å². The van der Waals surface area contributed by atoms with E-state index in [0.717, 1.165) is 49.2 Å². The molecule has 27 heavy (non-hydrogen) atoms. The number of nitrogens with zero attached hydrogens (tertiary/aromatic N) is 5. The number of nitrogens with one attached hydrogen (secondary N) is 1. The van der Waals surface area contributed by atoms with E-state index in [1.807, 2.05) is 25.3 Å². The van der Waals surface area contributed by atoms with Crippen molar-refractivity contribution in [3.63, 3.8) is 0 Å². The molecule has 1 aliphatic rings. The highest BCUT2D eigenvalue weighted by Crippen LogP contribution is 2.21. The molecule has 3 aromatic rings. The van der Waals surface area contributed by atoms with Gasteiger partial charge in [-0.3, -0.25) is 4.98 Å². The molecule has 1 aromatic carbocycles. The van der Waals surface area contributed by atoms with E-state index >= 15 is 0 Å². The van der Waals surface area contributed by atoms with Gasteiger partial charge in [0.05, 0.1) is 0 Å². The van der Waals surface area contributed by atoms with Crippen LogP contribution in [-0.2, 0) is 6.54 Å². The van der Waals surface area contributed by atoms with Crippen molar-refractivity contribution < 1.29 is 0 Å². The zero-order valence-electron chi connectivity index (χ0n) is 15.5. The highest BCUT2D eigenvalue weighted by molar-refractivity contribution is 5.52. The van der Waals surface area contributed by atoms with Crippen LogP contribution in [0, 0.1) is 6.92 Å². The zero-order valence-corrected chi connectivity index (χ0v) is 15.5. The number of benzene rings is 1. The SMILES string of the molecule is Cc1nc(NCc2cccnc2)cc(N2CCN(c3ccccc3)CC2)n1. The van der Waals surface area contributed by atoms with E-state index in [9.17, 15) is 0 Å². The lowest BCUT2D eigenvalue weighted by molar-refractivity contribution is 0.646. The molecular formula is C21H24N6. The third kappa shape index (κ3) is 4.34. The summed E-state index contributed by atoms with van der Waals surface area (Å²) in [4.78, 5) is 18.1. The molecule has 1 aliphatic heterocycles. The van der Waals surface area contributed by atoms with Crippen LogP contribution < -0.4 is 15.1 Å². The minimum Gasteiger partial charge on any atom is -0.368 e. The number of hydrogen-bond donors (Lipinski definition) is 1. The van der Waals surface area contributed by atoms with Gasteiger partial charge in [-0.1, -0.05) is 24.3 Å². The van der Waals surface area contributed by atoms with Crippen molar-refractivity contribution in [2.24, 2.45) is 0 Å². The van der Waals surface area contributed by atoms with Gasteiger partial charge in [0.15, 0.2) is 0 Å². The van der Waals surface area contributed by atoms with Gasteiger partial charge in [-0.15, -0.1) is 0 Å². The van der Waals surface area contributed by atoms with Gasteiger partial charge < -0.3 is 15.1 Å². The van der Waals surface area contributed by atoms with Gasteiger partial charge in [-0.25, -0.2) is 9.97 Å². The van der Waals surface area contributed by atoms with Gasteiger partial charge in [-0.05, 0) is 30.7 Å². The maximum atomic E-state index is 4.65. The summed E-state index contributed by atoms with van der Waals surface area (Å²) in [6, 6.07) is 16.6. The molecule has 1 N–H and O–H groups in total. The Kier molecular flexibility index (Phi) is 5.14. The summed E-state index contributed by atoms with van der Waals surface area (Å²) in [7, 11) is 0. The van der Waals surface area contributed by atoms with Gasteiger partial charge in [0.25, 0.3) is 0 Å². The molecule has 0 spiro atoms. The van der Waals surface area contributed by atoms with Crippen LogP contribution in [0.4, 0.5) is 17.3 Å². The summed E-state index contributed by atoms with van der Waals surface area (Å²) in [6.45, 7) is 6.53. The van der Waals surface area contributed by atoms with Crippen LogP contribution in [0.5, 0.6) is 0 Å². The first kappa shape index (κ1) is 17.3. The van der Waals surface area contributed by atoms with Crippen molar-refractivity contribution in [1.29, 1.82) is 0 Å². The number of pyridine rings is 1. The maximum absolute atomic E-state index is 4.65. The Balaban J connectivity index is 1.41. The molecule has 0 atom stereocenters. The second kappa shape index (κ2) is 8.03. The Morgan fingerprint density at radius 1 is 0.926 bits per heavy atom. The first-order chi connectivity index (χ1) is 13.3. The predicted molar refractivity (Wildman–Crippen MR) is 109 cm³/mol. The molecule has 3 heterocycles. The summed E-state index contributed by atoms with van der Waals surface area (Å²) >= 11 is 0. The van der Waals surface area contributed by atoms with E-state index in [-0.39, 0.29) is 0 Å². The molecule has 2 aromatic heterocycles. The minimum atomic E-state index is 0.700. The first-order valence-corrected chi connectivity index (χ1v) is 9.31. The van der Waals surface area contributed by atoms with Gasteiger partial charge in [0.1, 0.15) is 17.5 Å². The lowest BCUT2D eigenvalue weighted by Gasteiger charge is -2.36. The Hall–Kier alpha value is -3.15. The summed E-state index contributed by atoms with van der Waals surface area (Å²) < 4.78 is 0. The Morgan fingerprint density at radius 2 is 1.70 bits per heavy atom. The molecule has 0 saturated carbocycles. The number of rotatable bonds is 5. The molecule has 1 fully saturated rings. The fourth-order valence-electron chi connectivity index (χ4n) is 3.33. The summed E-state index contributed by atoms with van der Waals surface area (Å²) in [5.41, 5.74) is 2.42. The van der Waals surface area contributed by atoms with E-state index in [4.69, 9.17) is 0 Å². The number of aromatic nitrogens is 3. The van der Waals surface area contributed by atoms with Gasteiger partial charge in [0, 0.05) is 56.9 Å². The Labute approximate surface area is 159 Å². The van der Waals surface area contributed by atoms with Crippen LogP contribution in [0.15, 0.2) is 60.9 Å². The lowest BCUT2D eigenvalue weighted by Crippen LogP contribution is -2.46. The third-order valence-corrected chi connectivity index (χ3v) is 4.75. The quantitative estimate of drug-likeness (QED) is 0.754. The third-order valence-electron chi connectivity index (χ3n) is 4.75. The predicted octanol–water partition coefficient (Wildman–Crippen LogP) is 3.12. The highest BCUT2D eigenvalue weighted by atomic mass is 15.3. The topological polar surface area (TPSA) is 57.2 Å². The molecule has 0 aliphatic carbocycles. The van der Waals surface area contributed by atoms with E-state index < -0.39 is 0 Å². The fourth-order valence-corrected chi connectivity index (χ4v) is 3.33. The van der Waals surface area contributed by atoms with Crippen molar-refractivity contribution in [3.05, 3.63) is 72.3 Å². The monoisotopic (exact) mass is 360 g/mol. The number of piperazine rings is 1. The van der Waals surface area contributed by atoms with Crippen LogP contribution in [0.3, 0.4) is 0 Å². The molecule has 0 bridgehead atoms. The van der Waals surface area contributed by atoms with E-state index in [2.05, 4.69) is 66.5 Å². The number of aryl methyl sites for hydroxylation is 1. The van der Waals surface area contributed by atoms with Gasteiger partial charge in [0.2, 0.25) is 0 Å². The highest BCUT2D eigenvalue weighted by Gasteiger charge is 2.19. The smallest absolute Gasteiger partial charge is 0.134 e. The average Bonchev–Trinajstić information content (AvgIpc) is 2.73. The van der Waals surface area contributed by atoms with Crippen molar-refractivity contribution in [1.82, 2.24) is 15.0 Å². The largest absolute Gasteiger partial charge is 0.368 e. The van der Waals surface area contributed by atoms with E-state index in [1.165, 1.54) is 5.69 Å². The standard InChI is InChI=1S/C21H24N6/c1-17-24-20(23-16-18-6-5-9-22-15-18)14-21(25-17)27-12-10-26(11-13-27)19-7-3-2-4-8-19/h2-9,14-15H,10-13,16H2,1H3,(H,23,24,25). The molecule has 6 heteroatoms. The lowest BCUT2D eigenvalue weighted by atomic mass is 10.2. The molecule has 6 nitrogen and oxygen atoms in total. The van der Waals surface area contributed by atoms with Crippen LogP contribution >= 0.6 is 0 Å². The molecule has 0 amide bonds. The minimum absolute atomic E-state index is 0.700. The molecule has 1 saturated heterocycles. The molecule has 0 unspecified atom stereocenters. The molecule has 138 valence electrons. The Bertz CT molecular complexity index is 860. The maximum Gasteiger partial charge on any atom is 0.134 e. The van der Waals surface area contributed by atoms with E-state index in [0.29, 0.717) is 6.54 Å². The molecule has 4 rings (SSSR count). The summed E-state index contributed by atoms with van der Waals surface area (Å²) in [6.07, 6.45) is 3.65.